The van der Waals surface area contributed by atoms with Gasteiger partial charge < -0.3 is 10.4 Å². The molecule has 6 heteroatoms. The second kappa shape index (κ2) is 4.20. The number of carboxylic acid groups (broad SMARTS) is 1. The Morgan fingerprint density at radius 2 is 2.24 bits per heavy atom. The van der Waals surface area contributed by atoms with Crippen LogP contribution < -0.4 is 5.32 Å². The second-order valence-electron chi connectivity index (χ2n) is 4.24. The molecule has 2 rings (SSSR count). The summed E-state index contributed by atoms with van der Waals surface area (Å²) in [4.78, 5) is 35.8. The van der Waals surface area contributed by atoms with Crippen LogP contribution in [0.2, 0.25) is 0 Å². The Bertz CT molecular complexity index is 427. The van der Waals surface area contributed by atoms with Crippen molar-refractivity contribution < 1.29 is 19.5 Å². The van der Waals surface area contributed by atoms with E-state index in [2.05, 4.69) is 5.32 Å². The largest absolute Gasteiger partial charge is 0.481 e. The summed E-state index contributed by atoms with van der Waals surface area (Å²) in [6.07, 6.45) is 0.482. The van der Waals surface area contributed by atoms with Crippen LogP contribution in [0.15, 0.2) is 11.4 Å². The first-order chi connectivity index (χ1) is 8.02. The van der Waals surface area contributed by atoms with Crippen LogP contribution in [-0.2, 0) is 14.4 Å². The van der Waals surface area contributed by atoms with Crippen molar-refractivity contribution in [2.24, 2.45) is 5.92 Å². The van der Waals surface area contributed by atoms with Crippen LogP contribution in [0.3, 0.4) is 0 Å². The molecule has 0 aromatic heterocycles. The quantitative estimate of drug-likeness (QED) is 0.705. The molecular formula is C11H14N2O4. The molecule has 1 unspecified atom stereocenters. The number of nitrogens with zero attached hydrogens (tertiary/aromatic N) is 1. The fraction of sp³-hybridized carbons (Fsp3) is 0.545. The highest BCUT2D eigenvalue weighted by Gasteiger charge is 2.43. The maximum atomic E-state index is 12.0. The van der Waals surface area contributed by atoms with Gasteiger partial charge in [-0.05, 0) is 13.3 Å². The first kappa shape index (κ1) is 11.6. The van der Waals surface area contributed by atoms with E-state index in [1.807, 2.05) is 0 Å². The molecule has 2 N–H and O–H groups in total. The van der Waals surface area contributed by atoms with Crippen LogP contribution in [0.25, 0.3) is 0 Å². The zero-order valence-electron chi connectivity index (χ0n) is 9.52. The van der Waals surface area contributed by atoms with E-state index >= 15 is 0 Å². The Kier molecular flexibility index (Phi) is 2.87. The van der Waals surface area contributed by atoms with Crippen molar-refractivity contribution in [3.05, 3.63) is 11.4 Å². The van der Waals surface area contributed by atoms with E-state index in [1.54, 1.807) is 0 Å². The van der Waals surface area contributed by atoms with Crippen molar-refractivity contribution in [1.82, 2.24) is 10.2 Å². The van der Waals surface area contributed by atoms with E-state index in [0.29, 0.717) is 24.5 Å². The summed E-state index contributed by atoms with van der Waals surface area (Å²) in [6, 6.07) is 0. The Labute approximate surface area is 98.3 Å². The Balaban J connectivity index is 2.38. The topological polar surface area (TPSA) is 86.7 Å². The zero-order valence-corrected chi connectivity index (χ0v) is 9.52. The second-order valence-corrected chi connectivity index (χ2v) is 4.24. The number of hydrogen-bond acceptors (Lipinski definition) is 4. The van der Waals surface area contributed by atoms with Gasteiger partial charge in [0.25, 0.3) is 0 Å². The number of ketones is 1. The summed E-state index contributed by atoms with van der Waals surface area (Å²) in [5.74, 6) is -1.90. The highest BCUT2D eigenvalue weighted by molar-refractivity contribution is 6.05. The number of hydrogen-bond donors (Lipinski definition) is 2. The SMILES string of the molecule is CC(=O)C1=C2NCCCN2C(=O)C1CC(=O)O. The van der Waals surface area contributed by atoms with Gasteiger partial charge in [-0.25, -0.2) is 0 Å². The van der Waals surface area contributed by atoms with Gasteiger partial charge in [-0.1, -0.05) is 0 Å². The minimum absolute atomic E-state index is 0.239. The van der Waals surface area contributed by atoms with Gasteiger partial charge in [0.15, 0.2) is 5.78 Å². The maximum Gasteiger partial charge on any atom is 0.304 e. The van der Waals surface area contributed by atoms with E-state index in [-0.39, 0.29) is 18.1 Å². The fourth-order valence-electron chi connectivity index (χ4n) is 2.36. The Morgan fingerprint density at radius 1 is 1.53 bits per heavy atom. The van der Waals surface area contributed by atoms with Crippen molar-refractivity contribution in [3.8, 4) is 0 Å². The molecule has 2 heterocycles. The standard InChI is InChI=1S/C11H14N2O4/c1-6(14)9-7(5-8(15)16)11(17)13-4-2-3-12-10(9)13/h7,12H,2-5H2,1H3,(H,15,16). The number of carboxylic acids is 1. The summed E-state index contributed by atoms with van der Waals surface area (Å²) in [7, 11) is 0. The van der Waals surface area contributed by atoms with Crippen LogP contribution >= 0.6 is 0 Å². The van der Waals surface area contributed by atoms with Crippen molar-refractivity contribution in [2.45, 2.75) is 19.8 Å². The Morgan fingerprint density at radius 3 is 2.82 bits per heavy atom. The monoisotopic (exact) mass is 238 g/mol. The summed E-state index contributed by atoms with van der Waals surface area (Å²) in [5.41, 5.74) is 0.317. The average Bonchev–Trinajstić information content (AvgIpc) is 2.52. The molecule has 1 fully saturated rings. The highest BCUT2D eigenvalue weighted by Crippen LogP contribution is 2.32. The first-order valence-electron chi connectivity index (χ1n) is 5.54. The van der Waals surface area contributed by atoms with Gasteiger partial charge in [0.1, 0.15) is 5.82 Å². The van der Waals surface area contributed by atoms with Gasteiger partial charge >= 0.3 is 5.97 Å². The lowest BCUT2D eigenvalue weighted by Gasteiger charge is -2.26. The zero-order chi connectivity index (χ0) is 12.6. The minimum atomic E-state index is -1.07. The number of amides is 1. The minimum Gasteiger partial charge on any atom is -0.481 e. The molecule has 0 aromatic rings. The van der Waals surface area contributed by atoms with Gasteiger partial charge in [0.2, 0.25) is 5.91 Å². The fourth-order valence-corrected chi connectivity index (χ4v) is 2.36. The van der Waals surface area contributed by atoms with E-state index < -0.39 is 11.9 Å². The molecule has 6 nitrogen and oxygen atoms in total. The average molecular weight is 238 g/mol. The van der Waals surface area contributed by atoms with Crippen molar-refractivity contribution >= 4 is 17.7 Å². The summed E-state index contributed by atoms with van der Waals surface area (Å²) in [6.45, 7) is 2.62. The molecule has 1 saturated heterocycles. The van der Waals surface area contributed by atoms with Crippen LogP contribution in [-0.4, -0.2) is 40.8 Å². The molecule has 92 valence electrons. The summed E-state index contributed by atoms with van der Waals surface area (Å²) in [5, 5.41) is 11.8. The molecule has 0 spiro atoms. The molecule has 1 atom stereocenters. The first-order valence-corrected chi connectivity index (χ1v) is 5.54. The molecular weight excluding hydrogens is 224 g/mol. The lowest BCUT2D eigenvalue weighted by atomic mass is 9.95. The smallest absolute Gasteiger partial charge is 0.304 e. The number of fused-ring (bicyclic) bond motifs is 1. The summed E-state index contributed by atoms with van der Waals surface area (Å²) < 4.78 is 0. The van der Waals surface area contributed by atoms with Crippen molar-refractivity contribution in [1.29, 1.82) is 0 Å². The summed E-state index contributed by atoms with van der Waals surface area (Å²) >= 11 is 0. The molecule has 1 amide bonds. The van der Waals surface area contributed by atoms with E-state index in [9.17, 15) is 14.4 Å². The molecule has 2 aliphatic rings. The van der Waals surface area contributed by atoms with Crippen LogP contribution in [0.5, 0.6) is 0 Å². The molecule has 0 saturated carbocycles. The number of nitrogens with one attached hydrogen (secondary N) is 1. The normalized spacial score (nSPS) is 23.5. The van der Waals surface area contributed by atoms with Crippen LogP contribution in [0.4, 0.5) is 0 Å². The van der Waals surface area contributed by atoms with E-state index in [4.69, 9.17) is 5.11 Å². The number of rotatable bonds is 3. The predicted octanol–water partition coefficient (Wildman–Crippen LogP) is -0.287. The third kappa shape index (κ3) is 1.90. The molecule has 17 heavy (non-hydrogen) atoms. The third-order valence-corrected chi connectivity index (χ3v) is 3.05. The number of aliphatic carboxylic acids is 1. The molecule has 0 aliphatic carbocycles. The highest BCUT2D eigenvalue weighted by atomic mass is 16.4. The number of Topliss-reactive ketones (excluding diaryl/α,β-unsaturated/α-hetero) is 1. The van der Waals surface area contributed by atoms with Crippen LogP contribution in [0, 0.1) is 5.92 Å². The van der Waals surface area contributed by atoms with Crippen molar-refractivity contribution in [2.75, 3.05) is 13.1 Å². The van der Waals surface area contributed by atoms with Gasteiger partial charge in [-0.2, -0.15) is 0 Å². The molecule has 2 aliphatic heterocycles. The molecule has 0 radical (unpaired) electrons. The maximum absolute atomic E-state index is 12.0. The van der Waals surface area contributed by atoms with E-state index in [0.717, 1.165) is 6.42 Å². The predicted molar refractivity (Wildman–Crippen MR) is 57.8 cm³/mol. The van der Waals surface area contributed by atoms with Crippen LogP contribution in [0.1, 0.15) is 19.8 Å². The molecule has 0 bridgehead atoms. The number of carbonyl (C=O) groups excluding carboxylic acids is 2. The Hall–Kier alpha value is -1.85. The molecule has 0 aromatic carbocycles. The van der Waals surface area contributed by atoms with Gasteiger partial charge in [0.05, 0.1) is 12.3 Å². The lowest BCUT2D eigenvalue weighted by Crippen LogP contribution is -2.40. The van der Waals surface area contributed by atoms with Gasteiger partial charge in [-0.3, -0.25) is 19.3 Å². The third-order valence-electron chi connectivity index (χ3n) is 3.05. The van der Waals surface area contributed by atoms with Crippen molar-refractivity contribution in [3.63, 3.8) is 0 Å². The van der Waals surface area contributed by atoms with E-state index in [1.165, 1.54) is 11.8 Å². The van der Waals surface area contributed by atoms with Gasteiger partial charge in [0, 0.05) is 18.7 Å². The lowest BCUT2D eigenvalue weighted by molar-refractivity contribution is -0.142. The van der Waals surface area contributed by atoms with Gasteiger partial charge in [-0.15, -0.1) is 0 Å². The number of carbonyl (C=O) groups is 3.